The number of ether oxygens (including phenoxy) is 1. The summed E-state index contributed by atoms with van der Waals surface area (Å²) >= 11 is 0. The third-order valence-corrected chi connectivity index (χ3v) is 5.85. The lowest BCUT2D eigenvalue weighted by Crippen LogP contribution is -2.37. The largest absolute Gasteiger partial charge is 0.481 e. The zero-order chi connectivity index (χ0) is 18.4. The number of hydrogen-bond donors (Lipinski definition) is 1. The van der Waals surface area contributed by atoms with Crippen molar-refractivity contribution >= 4 is 11.8 Å². The first-order valence-electron chi connectivity index (χ1n) is 9.38. The number of carbonyl (C=O) groups is 2. The van der Waals surface area contributed by atoms with Crippen LogP contribution in [0.2, 0.25) is 0 Å². The van der Waals surface area contributed by atoms with Gasteiger partial charge in [-0.25, -0.2) is 4.98 Å². The van der Waals surface area contributed by atoms with Gasteiger partial charge in [-0.1, -0.05) is 0 Å². The maximum atomic E-state index is 12.7. The summed E-state index contributed by atoms with van der Waals surface area (Å²) in [6, 6.07) is 2.69. The first-order valence-corrected chi connectivity index (χ1v) is 9.38. The summed E-state index contributed by atoms with van der Waals surface area (Å²) in [5, 5.41) is 3.00. The van der Waals surface area contributed by atoms with Crippen LogP contribution in [0.25, 0.3) is 0 Å². The van der Waals surface area contributed by atoms with Crippen LogP contribution in [0.3, 0.4) is 0 Å². The van der Waals surface area contributed by atoms with Crippen LogP contribution in [-0.4, -0.2) is 58.4 Å². The van der Waals surface area contributed by atoms with E-state index in [1.54, 1.807) is 7.11 Å². The summed E-state index contributed by atoms with van der Waals surface area (Å²) in [4.78, 5) is 33.4. The number of nitrogens with one attached hydrogen (secondary N) is 1. The van der Waals surface area contributed by atoms with E-state index >= 15 is 0 Å². The van der Waals surface area contributed by atoms with Gasteiger partial charge >= 0.3 is 0 Å². The molecule has 4 heterocycles. The zero-order valence-electron chi connectivity index (χ0n) is 15.6. The second-order valence-electron chi connectivity index (χ2n) is 7.74. The molecule has 7 nitrogen and oxygen atoms in total. The van der Waals surface area contributed by atoms with Crippen molar-refractivity contribution in [2.75, 3.05) is 13.7 Å². The van der Waals surface area contributed by atoms with Gasteiger partial charge in [0.15, 0.2) is 0 Å². The maximum absolute atomic E-state index is 12.7. The Kier molecular flexibility index (Phi) is 4.34. The fourth-order valence-electron chi connectivity index (χ4n) is 4.40. The van der Waals surface area contributed by atoms with Crippen molar-refractivity contribution in [2.24, 2.45) is 0 Å². The number of fused-ring (bicyclic) bond motifs is 3. The van der Waals surface area contributed by atoms with E-state index in [-0.39, 0.29) is 23.9 Å². The highest BCUT2D eigenvalue weighted by molar-refractivity contribution is 5.98. The summed E-state index contributed by atoms with van der Waals surface area (Å²) in [6.07, 6.45) is 2.67. The monoisotopic (exact) mass is 358 g/mol. The van der Waals surface area contributed by atoms with Gasteiger partial charge in [0.2, 0.25) is 11.8 Å². The van der Waals surface area contributed by atoms with Crippen molar-refractivity contribution in [1.29, 1.82) is 0 Å². The molecule has 1 aromatic heterocycles. The molecule has 0 unspecified atom stereocenters. The highest BCUT2D eigenvalue weighted by Crippen LogP contribution is 2.34. The smallest absolute Gasteiger partial charge is 0.256 e. The van der Waals surface area contributed by atoms with Crippen molar-refractivity contribution in [3.8, 4) is 5.88 Å². The average Bonchev–Trinajstić information content (AvgIpc) is 3.08. The number of methoxy groups -OCH3 is 1. The predicted octanol–water partition coefficient (Wildman–Crippen LogP) is 1.31. The van der Waals surface area contributed by atoms with E-state index in [9.17, 15) is 9.59 Å². The molecule has 0 saturated carbocycles. The summed E-state index contributed by atoms with van der Waals surface area (Å²) in [6.45, 7) is 5.91. The van der Waals surface area contributed by atoms with E-state index in [0.717, 1.165) is 24.1 Å². The fourth-order valence-corrected chi connectivity index (χ4v) is 4.40. The molecule has 2 atom stereocenters. The molecule has 0 spiro atoms. The molecule has 2 saturated heterocycles. The van der Waals surface area contributed by atoms with Crippen LogP contribution in [0, 0.1) is 0 Å². The van der Waals surface area contributed by atoms with Gasteiger partial charge < -0.3 is 15.0 Å². The number of carbonyl (C=O) groups excluding carboxylic acids is 2. The molecule has 1 N–H and O–H groups in total. The average molecular weight is 358 g/mol. The Morgan fingerprint density at radius 1 is 1.31 bits per heavy atom. The van der Waals surface area contributed by atoms with Crippen LogP contribution in [0.5, 0.6) is 5.88 Å². The van der Waals surface area contributed by atoms with E-state index in [1.807, 2.05) is 24.8 Å². The number of pyridine rings is 1. The highest BCUT2D eigenvalue weighted by atomic mass is 16.5. The van der Waals surface area contributed by atoms with Crippen LogP contribution < -0.4 is 10.1 Å². The van der Waals surface area contributed by atoms with Gasteiger partial charge in [-0.15, -0.1) is 0 Å². The molecule has 0 aromatic carbocycles. The molecular weight excluding hydrogens is 332 g/mol. The molecule has 1 aromatic rings. The van der Waals surface area contributed by atoms with Gasteiger partial charge in [-0.05, 0) is 32.8 Å². The molecule has 7 heteroatoms. The second kappa shape index (κ2) is 6.54. The summed E-state index contributed by atoms with van der Waals surface area (Å²) in [7, 11) is 1.62. The maximum Gasteiger partial charge on any atom is 0.256 e. The van der Waals surface area contributed by atoms with Crippen molar-refractivity contribution in [1.82, 2.24) is 20.1 Å². The number of nitrogens with zero attached hydrogens (tertiary/aromatic N) is 3. The van der Waals surface area contributed by atoms with Crippen LogP contribution in [0.4, 0.5) is 0 Å². The molecule has 3 aliphatic rings. The molecule has 3 aliphatic heterocycles. The highest BCUT2D eigenvalue weighted by Gasteiger charge is 2.38. The lowest BCUT2D eigenvalue weighted by molar-refractivity contribution is -0.121. The number of amides is 2. The van der Waals surface area contributed by atoms with Gasteiger partial charge in [-0.2, -0.15) is 0 Å². The standard InChI is InChI=1S/C19H26N4O3/c1-11(2)22-10-16-15(19(22)25)6-12(18(21-16)26-3)9-23-13-4-5-14(23)8-20-17(24)7-13/h6,11,13-14H,4-5,7-10H2,1-3H3,(H,20,24)/t13-,14+/m0/s1. The molecular formula is C19H26N4O3. The summed E-state index contributed by atoms with van der Waals surface area (Å²) in [5.41, 5.74) is 2.40. The van der Waals surface area contributed by atoms with Crippen molar-refractivity contribution < 1.29 is 14.3 Å². The lowest BCUT2D eigenvalue weighted by atomic mass is 10.1. The Hall–Kier alpha value is -2.15. The minimum absolute atomic E-state index is 0.0436. The van der Waals surface area contributed by atoms with E-state index in [1.165, 1.54) is 0 Å². The Morgan fingerprint density at radius 3 is 2.81 bits per heavy atom. The first-order chi connectivity index (χ1) is 12.5. The zero-order valence-corrected chi connectivity index (χ0v) is 15.6. The molecule has 2 fully saturated rings. The Labute approximate surface area is 153 Å². The van der Waals surface area contributed by atoms with E-state index in [4.69, 9.17) is 4.74 Å². The molecule has 2 bridgehead atoms. The molecule has 4 rings (SSSR count). The Bertz CT molecular complexity index is 749. The first kappa shape index (κ1) is 17.3. The van der Waals surface area contributed by atoms with Gasteiger partial charge in [-0.3, -0.25) is 14.5 Å². The quantitative estimate of drug-likeness (QED) is 0.878. The van der Waals surface area contributed by atoms with Crippen LogP contribution in [0.15, 0.2) is 6.07 Å². The van der Waals surface area contributed by atoms with E-state index in [2.05, 4.69) is 15.2 Å². The molecule has 0 aliphatic carbocycles. The second-order valence-corrected chi connectivity index (χ2v) is 7.74. The summed E-state index contributed by atoms with van der Waals surface area (Å²) in [5.74, 6) is 0.760. The van der Waals surface area contributed by atoms with Crippen LogP contribution >= 0.6 is 0 Å². The number of hydrogen-bond acceptors (Lipinski definition) is 5. The minimum Gasteiger partial charge on any atom is -0.481 e. The molecule has 0 radical (unpaired) electrons. The summed E-state index contributed by atoms with van der Waals surface area (Å²) < 4.78 is 5.54. The molecule has 140 valence electrons. The number of aromatic nitrogens is 1. The van der Waals surface area contributed by atoms with Gasteiger partial charge in [0.25, 0.3) is 5.91 Å². The Balaban J connectivity index is 1.64. The van der Waals surface area contributed by atoms with Crippen molar-refractivity contribution in [3.05, 3.63) is 22.9 Å². The van der Waals surface area contributed by atoms with Gasteiger partial charge in [0.05, 0.1) is 24.9 Å². The predicted molar refractivity (Wildman–Crippen MR) is 95.8 cm³/mol. The number of rotatable bonds is 4. The van der Waals surface area contributed by atoms with Crippen LogP contribution in [-0.2, 0) is 17.9 Å². The lowest BCUT2D eigenvalue weighted by Gasteiger charge is -2.27. The SMILES string of the molecule is COc1nc2c(cc1CN1[C@@H]3CC[C@H]1CC(=O)NC3)C(=O)N(C(C)C)C2. The van der Waals surface area contributed by atoms with Gasteiger partial charge in [0, 0.05) is 43.2 Å². The fraction of sp³-hybridized carbons (Fsp3) is 0.632. The Morgan fingerprint density at radius 2 is 2.08 bits per heavy atom. The molecule has 2 amide bonds. The van der Waals surface area contributed by atoms with Crippen molar-refractivity contribution in [2.45, 2.75) is 64.3 Å². The normalized spacial score (nSPS) is 25.5. The minimum atomic E-state index is 0.0436. The topological polar surface area (TPSA) is 74.8 Å². The van der Waals surface area contributed by atoms with Crippen molar-refractivity contribution in [3.63, 3.8) is 0 Å². The van der Waals surface area contributed by atoms with Crippen LogP contribution in [0.1, 0.15) is 54.7 Å². The third kappa shape index (κ3) is 2.84. The van der Waals surface area contributed by atoms with E-state index < -0.39 is 0 Å². The van der Waals surface area contributed by atoms with E-state index in [0.29, 0.717) is 43.5 Å². The third-order valence-electron chi connectivity index (χ3n) is 5.85. The van der Waals surface area contributed by atoms with Gasteiger partial charge in [0.1, 0.15) is 0 Å². The molecule has 26 heavy (non-hydrogen) atoms.